The van der Waals surface area contributed by atoms with Gasteiger partial charge in [-0.05, 0) is 33.3 Å². The molecule has 0 aliphatic carbocycles. The lowest BCUT2D eigenvalue weighted by Gasteiger charge is -2.21. The van der Waals surface area contributed by atoms with Crippen LogP contribution in [0.5, 0.6) is 0 Å². The fraction of sp³-hybridized carbons (Fsp3) is 0.429. The first kappa shape index (κ1) is 13.0. The molecule has 0 saturated carbocycles. The average molecular weight is 261 g/mol. The minimum Gasteiger partial charge on any atom is -0.358 e. The molecule has 0 fully saturated rings. The highest BCUT2D eigenvalue weighted by molar-refractivity contribution is 7.09. The van der Waals surface area contributed by atoms with Crippen LogP contribution in [0.2, 0.25) is 0 Å². The summed E-state index contributed by atoms with van der Waals surface area (Å²) in [6, 6.07) is 10.8. The van der Waals surface area contributed by atoms with Gasteiger partial charge in [-0.15, -0.1) is 0 Å². The van der Waals surface area contributed by atoms with Gasteiger partial charge >= 0.3 is 0 Å². The molecule has 2 aromatic rings. The predicted octanol–water partition coefficient (Wildman–Crippen LogP) is 3.68. The zero-order valence-corrected chi connectivity index (χ0v) is 12.1. The highest BCUT2D eigenvalue weighted by atomic mass is 32.1. The largest absolute Gasteiger partial charge is 0.358 e. The predicted molar refractivity (Wildman–Crippen MR) is 77.2 cm³/mol. The average Bonchev–Trinajstić information content (AvgIpc) is 2.78. The maximum absolute atomic E-state index is 4.59. The summed E-state index contributed by atoms with van der Waals surface area (Å²) in [7, 11) is 0. The van der Waals surface area contributed by atoms with E-state index in [0.717, 1.165) is 11.0 Å². The van der Waals surface area contributed by atoms with E-state index in [1.807, 2.05) is 6.07 Å². The molecule has 1 heterocycles. The zero-order valence-electron chi connectivity index (χ0n) is 11.3. The quantitative estimate of drug-likeness (QED) is 0.912. The second-order valence-electron chi connectivity index (χ2n) is 5.21. The van der Waals surface area contributed by atoms with Crippen LogP contribution >= 0.6 is 11.5 Å². The molecule has 0 aliphatic heterocycles. The Bertz CT molecular complexity index is 503. The fourth-order valence-electron chi connectivity index (χ4n) is 1.77. The van der Waals surface area contributed by atoms with Gasteiger partial charge in [0.25, 0.3) is 0 Å². The van der Waals surface area contributed by atoms with Crippen molar-refractivity contribution < 1.29 is 0 Å². The molecular formula is C14H19N3S. The van der Waals surface area contributed by atoms with Crippen molar-refractivity contribution in [2.75, 3.05) is 5.32 Å². The van der Waals surface area contributed by atoms with Gasteiger partial charge < -0.3 is 5.32 Å². The molecule has 0 amide bonds. The van der Waals surface area contributed by atoms with Crippen LogP contribution in [0.3, 0.4) is 0 Å². The van der Waals surface area contributed by atoms with E-state index in [1.54, 1.807) is 0 Å². The van der Waals surface area contributed by atoms with Crippen LogP contribution in [-0.4, -0.2) is 15.4 Å². The standard InChI is InChI=1S/C14H19N3S/c1-10(2)15-13-16-12(17-18-13)14(3,4)11-8-6-5-7-9-11/h5-10H,1-4H3,(H,15,16,17). The Kier molecular flexibility index (Phi) is 3.66. The van der Waals surface area contributed by atoms with Gasteiger partial charge in [0.1, 0.15) is 0 Å². The van der Waals surface area contributed by atoms with Gasteiger partial charge in [-0.1, -0.05) is 30.3 Å². The maximum Gasteiger partial charge on any atom is 0.202 e. The monoisotopic (exact) mass is 261 g/mol. The lowest BCUT2D eigenvalue weighted by molar-refractivity contribution is 0.601. The number of rotatable bonds is 4. The summed E-state index contributed by atoms with van der Waals surface area (Å²) in [5.74, 6) is 0.877. The first-order valence-electron chi connectivity index (χ1n) is 6.16. The topological polar surface area (TPSA) is 37.8 Å². The molecule has 4 heteroatoms. The number of benzene rings is 1. The van der Waals surface area contributed by atoms with Crippen LogP contribution in [0.15, 0.2) is 30.3 Å². The SMILES string of the molecule is CC(C)Nc1nc(C(C)(C)c2ccccc2)ns1. The van der Waals surface area contributed by atoms with Crippen LogP contribution in [-0.2, 0) is 5.41 Å². The molecule has 0 bridgehead atoms. The van der Waals surface area contributed by atoms with E-state index in [4.69, 9.17) is 0 Å². The Balaban J connectivity index is 2.27. The summed E-state index contributed by atoms with van der Waals surface area (Å²) in [6.45, 7) is 8.51. The number of aromatic nitrogens is 2. The van der Waals surface area contributed by atoms with Gasteiger partial charge in [0.2, 0.25) is 5.13 Å². The lowest BCUT2D eigenvalue weighted by Crippen LogP contribution is -2.20. The van der Waals surface area contributed by atoms with Gasteiger partial charge in [0, 0.05) is 17.6 Å². The molecular weight excluding hydrogens is 242 g/mol. The minimum atomic E-state index is -0.158. The van der Waals surface area contributed by atoms with Crippen LogP contribution < -0.4 is 5.32 Å². The van der Waals surface area contributed by atoms with E-state index >= 15 is 0 Å². The number of nitrogens with one attached hydrogen (secondary N) is 1. The van der Waals surface area contributed by atoms with Crippen molar-refractivity contribution in [3.8, 4) is 0 Å². The van der Waals surface area contributed by atoms with Crippen molar-refractivity contribution in [1.29, 1.82) is 0 Å². The minimum absolute atomic E-state index is 0.158. The highest BCUT2D eigenvalue weighted by Gasteiger charge is 2.27. The molecule has 0 atom stereocenters. The molecule has 1 aromatic heterocycles. The van der Waals surface area contributed by atoms with Crippen molar-refractivity contribution in [2.45, 2.75) is 39.2 Å². The second-order valence-corrected chi connectivity index (χ2v) is 5.97. The molecule has 96 valence electrons. The molecule has 0 radical (unpaired) electrons. The first-order chi connectivity index (χ1) is 8.50. The van der Waals surface area contributed by atoms with Crippen LogP contribution in [0.4, 0.5) is 5.13 Å². The third-order valence-electron chi connectivity index (χ3n) is 2.89. The van der Waals surface area contributed by atoms with Crippen molar-refractivity contribution in [1.82, 2.24) is 9.36 Å². The summed E-state index contributed by atoms with van der Waals surface area (Å²) < 4.78 is 4.49. The summed E-state index contributed by atoms with van der Waals surface area (Å²) in [5, 5.41) is 4.19. The zero-order chi connectivity index (χ0) is 13.2. The van der Waals surface area contributed by atoms with E-state index < -0.39 is 0 Å². The molecule has 0 spiro atoms. The Morgan fingerprint density at radius 1 is 1.17 bits per heavy atom. The third-order valence-corrected chi connectivity index (χ3v) is 3.54. The van der Waals surface area contributed by atoms with Gasteiger partial charge in [0.05, 0.1) is 5.41 Å². The molecule has 18 heavy (non-hydrogen) atoms. The molecule has 3 nitrogen and oxygen atoms in total. The summed E-state index contributed by atoms with van der Waals surface area (Å²) in [4.78, 5) is 4.59. The number of hydrogen-bond acceptors (Lipinski definition) is 4. The highest BCUT2D eigenvalue weighted by Crippen LogP contribution is 2.31. The Labute approximate surface area is 112 Å². The fourth-order valence-corrected chi connectivity index (χ4v) is 2.62. The summed E-state index contributed by atoms with van der Waals surface area (Å²) in [5.41, 5.74) is 1.08. The molecule has 0 saturated heterocycles. The lowest BCUT2D eigenvalue weighted by atomic mass is 9.84. The van der Waals surface area contributed by atoms with Crippen molar-refractivity contribution in [3.63, 3.8) is 0 Å². The third kappa shape index (κ3) is 2.70. The summed E-state index contributed by atoms with van der Waals surface area (Å²) >= 11 is 1.43. The molecule has 2 rings (SSSR count). The number of hydrogen-bond donors (Lipinski definition) is 1. The Morgan fingerprint density at radius 3 is 2.44 bits per heavy atom. The van der Waals surface area contributed by atoms with E-state index in [2.05, 4.69) is 66.6 Å². The van der Waals surface area contributed by atoms with Crippen LogP contribution in [0.25, 0.3) is 0 Å². The molecule has 0 aliphatic rings. The van der Waals surface area contributed by atoms with E-state index in [9.17, 15) is 0 Å². The maximum atomic E-state index is 4.59. The summed E-state index contributed by atoms with van der Waals surface area (Å²) in [6.07, 6.45) is 0. The number of anilines is 1. The smallest absolute Gasteiger partial charge is 0.202 e. The molecule has 1 N–H and O–H groups in total. The Morgan fingerprint density at radius 2 is 1.83 bits per heavy atom. The van der Waals surface area contributed by atoms with E-state index in [0.29, 0.717) is 6.04 Å². The van der Waals surface area contributed by atoms with Crippen molar-refractivity contribution in [3.05, 3.63) is 41.7 Å². The van der Waals surface area contributed by atoms with Gasteiger partial charge in [-0.25, -0.2) is 4.98 Å². The van der Waals surface area contributed by atoms with E-state index in [-0.39, 0.29) is 5.41 Å². The van der Waals surface area contributed by atoms with Gasteiger partial charge in [-0.2, -0.15) is 4.37 Å². The van der Waals surface area contributed by atoms with Gasteiger partial charge in [-0.3, -0.25) is 0 Å². The van der Waals surface area contributed by atoms with Crippen molar-refractivity contribution >= 4 is 16.7 Å². The van der Waals surface area contributed by atoms with Gasteiger partial charge in [0.15, 0.2) is 5.82 Å². The van der Waals surface area contributed by atoms with Crippen LogP contribution in [0, 0.1) is 0 Å². The number of nitrogens with zero attached hydrogens (tertiary/aromatic N) is 2. The van der Waals surface area contributed by atoms with Crippen molar-refractivity contribution in [2.24, 2.45) is 0 Å². The normalized spacial score (nSPS) is 11.8. The first-order valence-corrected chi connectivity index (χ1v) is 6.93. The Hall–Kier alpha value is -1.42. The second kappa shape index (κ2) is 5.06. The molecule has 0 unspecified atom stereocenters. The molecule has 1 aromatic carbocycles. The van der Waals surface area contributed by atoms with E-state index in [1.165, 1.54) is 17.1 Å². The van der Waals surface area contributed by atoms with Crippen LogP contribution in [0.1, 0.15) is 39.1 Å².